The first-order valence-electron chi connectivity index (χ1n) is 6.88. The highest BCUT2D eigenvalue weighted by molar-refractivity contribution is 6.31. The number of pyridine rings is 1. The molecule has 2 heterocycles. The van der Waals surface area contributed by atoms with Crippen LogP contribution in [0, 0.1) is 0 Å². The Hall–Kier alpha value is -2.93. The molecular formula is C16H10ClNO6. The Morgan fingerprint density at radius 3 is 2.58 bits per heavy atom. The lowest BCUT2D eigenvalue weighted by molar-refractivity contribution is -0.137. The van der Waals surface area contributed by atoms with Gasteiger partial charge in [-0.3, -0.25) is 9.59 Å². The lowest BCUT2D eigenvalue weighted by Crippen LogP contribution is -2.11. The third-order valence-corrected chi connectivity index (χ3v) is 3.75. The van der Waals surface area contributed by atoms with Crippen LogP contribution in [0.2, 0.25) is 5.02 Å². The first-order chi connectivity index (χ1) is 11.4. The average Bonchev–Trinajstić information content (AvgIpc) is 2.53. The second kappa shape index (κ2) is 5.93. The third kappa shape index (κ3) is 2.81. The number of carboxylic acid groups (broad SMARTS) is 2. The van der Waals surface area contributed by atoms with Crippen LogP contribution in [0.4, 0.5) is 0 Å². The van der Waals surface area contributed by atoms with Gasteiger partial charge in [-0.25, -0.2) is 9.78 Å². The largest absolute Gasteiger partial charge is 0.481 e. The fourth-order valence-corrected chi connectivity index (χ4v) is 2.56. The van der Waals surface area contributed by atoms with E-state index in [4.69, 9.17) is 21.1 Å². The molecule has 8 heteroatoms. The summed E-state index contributed by atoms with van der Waals surface area (Å²) in [6.07, 6.45) is -0.374. The molecule has 0 atom stereocenters. The van der Waals surface area contributed by atoms with Crippen LogP contribution in [0.25, 0.3) is 22.1 Å². The summed E-state index contributed by atoms with van der Waals surface area (Å²) in [5, 5.41) is 18.6. The minimum atomic E-state index is -1.30. The maximum atomic E-state index is 12.5. The summed E-state index contributed by atoms with van der Waals surface area (Å²) in [7, 11) is 0. The smallest absolute Gasteiger partial charge is 0.337 e. The molecule has 0 unspecified atom stereocenters. The molecule has 3 aromatic rings. The van der Waals surface area contributed by atoms with Crippen molar-refractivity contribution >= 4 is 45.6 Å². The van der Waals surface area contributed by atoms with Crippen LogP contribution in [0.3, 0.4) is 0 Å². The van der Waals surface area contributed by atoms with Crippen LogP contribution in [0.1, 0.15) is 22.5 Å². The van der Waals surface area contributed by atoms with Crippen molar-refractivity contribution in [3.05, 3.63) is 50.8 Å². The Labute approximate surface area is 139 Å². The number of hydrogen-bond acceptors (Lipinski definition) is 5. The van der Waals surface area contributed by atoms with Crippen molar-refractivity contribution in [3.63, 3.8) is 0 Å². The Morgan fingerprint density at radius 1 is 1.17 bits per heavy atom. The Morgan fingerprint density at radius 2 is 1.92 bits per heavy atom. The topological polar surface area (TPSA) is 118 Å². The molecule has 0 saturated carbocycles. The fourth-order valence-electron chi connectivity index (χ4n) is 2.39. The van der Waals surface area contributed by atoms with E-state index in [1.54, 1.807) is 6.07 Å². The zero-order valence-corrected chi connectivity index (χ0v) is 12.8. The molecule has 24 heavy (non-hydrogen) atoms. The van der Waals surface area contributed by atoms with Crippen molar-refractivity contribution in [1.29, 1.82) is 0 Å². The summed E-state index contributed by atoms with van der Waals surface area (Å²) in [5.74, 6) is -2.38. The molecule has 0 aliphatic carbocycles. The van der Waals surface area contributed by atoms with Gasteiger partial charge in [-0.1, -0.05) is 11.6 Å². The highest BCUT2D eigenvalue weighted by Crippen LogP contribution is 2.23. The second-order valence-electron chi connectivity index (χ2n) is 5.11. The maximum Gasteiger partial charge on any atom is 0.337 e. The first-order valence-corrected chi connectivity index (χ1v) is 7.25. The number of aromatic carboxylic acids is 1. The summed E-state index contributed by atoms with van der Waals surface area (Å²) in [6, 6.07) is 5.66. The summed E-state index contributed by atoms with van der Waals surface area (Å²) in [6.45, 7) is 0. The summed E-state index contributed by atoms with van der Waals surface area (Å²) < 4.78 is 5.55. The van der Waals surface area contributed by atoms with Crippen molar-refractivity contribution < 1.29 is 24.2 Å². The molecule has 0 aliphatic rings. The number of hydrogen-bond donors (Lipinski definition) is 2. The van der Waals surface area contributed by atoms with E-state index in [2.05, 4.69) is 4.98 Å². The number of carboxylic acids is 2. The molecule has 0 aliphatic heterocycles. The van der Waals surface area contributed by atoms with Crippen LogP contribution in [0.15, 0.2) is 33.5 Å². The van der Waals surface area contributed by atoms with E-state index >= 15 is 0 Å². The number of benzene rings is 1. The zero-order chi connectivity index (χ0) is 17.4. The molecular weight excluding hydrogens is 338 g/mol. The van der Waals surface area contributed by atoms with E-state index in [-0.39, 0.29) is 46.2 Å². The van der Waals surface area contributed by atoms with Crippen LogP contribution in [-0.2, 0) is 11.2 Å². The van der Waals surface area contributed by atoms with E-state index < -0.39 is 17.4 Å². The molecule has 2 N–H and O–H groups in total. The summed E-state index contributed by atoms with van der Waals surface area (Å²) in [5.41, 5.74) is -0.406. The molecule has 7 nitrogen and oxygen atoms in total. The molecule has 0 bridgehead atoms. The summed E-state index contributed by atoms with van der Waals surface area (Å²) >= 11 is 5.87. The summed E-state index contributed by atoms with van der Waals surface area (Å²) in [4.78, 5) is 38.7. The van der Waals surface area contributed by atoms with Crippen LogP contribution >= 0.6 is 11.6 Å². The normalized spacial score (nSPS) is 11.0. The molecule has 1 aromatic carbocycles. The van der Waals surface area contributed by atoms with Gasteiger partial charge in [0.25, 0.3) is 0 Å². The molecule has 122 valence electrons. The van der Waals surface area contributed by atoms with Gasteiger partial charge in [0, 0.05) is 11.4 Å². The van der Waals surface area contributed by atoms with E-state index in [0.29, 0.717) is 5.02 Å². The number of nitrogens with zero attached hydrogens (tertiary/aromatic N) is 1. The SMILES string of the molecule is O=C(O)CCc1nc2oc3ccc(Cl)cc3c(=O)c2cc1C(=O)O. The molecule has 0 spiro atoms. The molecule has 3 rings (SSSR count). The quantitative estimate of drug-likeness (QED) is 0.696. The van der Waals surface area contributed by atoms with Crippen molar-refractivity contribution in [2.24, 2.45) is 0 Å². The van der Waals surface area contributed by atoms with Gasteiger partial charge in [0.05, 0.1) is 28.5 Å². The van der Waals surface area contributed by atoms with Crippen LogP contribution < -0.4 is 5.43 Å². The fraction of sp³-hybridized carbons (Fsp3) is 0.125. The van der Waals surface area contributed by atoms with E-state index in [9.17, 15) is 19.5 Å². The van der Waals surface area contributed by atoms with Crippen molar-refractivity contribution in [2.75, 3.05) is 0 Å². The van der Waals surface area contributed by atoms with Gasteiger partial charge in [-0.05, 0) is 24.3 Å². The molecule has 0 radical (unpaired) electrons. The highest BCUT2D eigenvalue weighted by Gasteiger charge is 2.18. The maximum absolute atomic E-state index is 12.5. The van der Waals surface area contributed by atoms with Gasteiger partial charge in [0.15, 0.2) is 0 Å². The van der Waals surface area contributed by atoms with Crippen molar-refractivity contribution in [2.45, 2.75) is 12.8 Å². The third-order valence-electron chi connectivity index (χ3n) is 3.51. The zero-order valence-electron chi connectivity index (χ0n) is 12.1. The predicted molar refractivity (Wildman–Crippen MR) is 85.7 cm³/mol. The molecule has 0 fully saturated rings. The Kier molecular flexibility index (Phi) is 3.94. The van der Waals surface area contributed by atoms with Gasteiger partial charge in [-0.2, -0.15) is 0 Å². The monoisotopic (exact) mass is 347 g/mol. The van der Waals surface area contributed by atoms with E-state index in [1.807, 2.05) is 0 Å². The Bertz CT molecular complexity index is 1060. The van der Waals surface area contributed by atoms with Gasteiger partial charge < -0.3 is 14.6 Å². The molecule has 0 amide bonds. The number of carbonyl (C=O) groups is 2. The minimum absolute atomic E-state index is 0.00115. The van der Waals surface area contributed by atoms with Gasteiger partial charge in [0.1, 0.15) is 5.58 Å². The standard InChI is InChI=1S/C16H10ClNO6/c17-7-1-3-12-9(5-7)14(21)10-6-8(16(22)23)11(2-4-13(19)20)18-15(10)24-12/h1,3,5-6H,2,4H2,(H,19,20)(H,22,23). The number of aromatic nitrogens is 1. The van der Waals surface area contributed by atoms with Crippen LogP contribution in [-0.4, -0.2) is 27.1 Å². The number of fused-ring (bicyclic) bond motifs is 2. The highest BCUT2D eigenvalue weighted by atomic mass is 35.5. The predicted octanol–water partition coefficient (Wildman–Crippen LogP) is 2.71. The number of aryl methyl sites for hydroxylation is 1. The number of aliphatic carboxylic acids is 1. The number of halogens is 1. The van der Waals surface area contributed by atoms with Gasteiger partial charge in [0.2, 0.25) is 11.1 Å². The minimum Gasteiger partial charge on any atom is -0.481 e. The lowest BCUT2D eigenvalue weighted by Gasteiger charge is -2.07. The van der Waals surface area contributed by atoms with Crippen molar-refractivity contribution in [1.82, 2.24) is 4.98 Å². The van der Waals surface area contributed by atoms with E-state index in [1.165, 1.54) is 12.1 Å². The van der Waals surface area contributed by atoms with Crippen molar-refractivity contribution in [3.8, 4) is 0 Å². The number of rotatable bonds is 4. The van der Waals surface area contributed by atoms with E-state index in [0.717, 1.165) is 6.07 Å². The lowest BCUT2D eigenvalue weighted by atomic mass is 10.1. The second-order valence-corrected chi connectivity index (χ2v) is 5.54. The molecule has 2 aromatic heterocycles. The van der Waals surface area contributed by atoms with Gasteiger partial charge in [-0.15, -0.1) is 0 Å². The van der Waals surface area contributed by atoms with Crippen LogP contribution in [0.5, 0.6) is 0 Å². The van der Waals surface area contributed by atoms with Gasteiger partial charge >= 0.3 is 11.9 Å². The molecule has 0 saturated heterocycles. The Balaban J connectivity index is 2.31. The average molecular weight is 348 g/mol. The first kappa shape index (κ1) is 15.9.